The molecule has 0 aliphatic heterocycles. The summed E-state index contributed by atoms with van der Waals surface area (Å²) in [4.78, 5) is 0. The smallest absolute Gasteiger partial charge is 0.0847 e. The van der Waals surface area contributed by atoms with E-state index in [1.54, 1.807) is 0 Å². The molecule has 0 fully saturated rings. The minimum absolute atomic E-state index is 0.0896. The Hall–Kier alpha value is -0.300. The molecule has 0 aliphatic carbocycles. The van der Waals surface area contributed by atoms with Gasteiger partial charge in [-0.25, -0.2) is 5.11 Å². The maximum atomic E-state index is 10.5. The first kappa shape index (κ1) is 13.7. The second-order valence-corrected chi connectivity index (χ2v) is 4.17. The molecule has 0 saturated carbocycles. The largest absolute Gasteiger partial charge is 0.236 e. The lowest BCUT2D eigenvalue weighted by atomic mass is 10.0. The average molecular weight is 197 g/mol. The van der Waals surface area contributed by atoms with Gasteiger partial charge >= 0.3 is 0 Å². The highest BCUT2D eigenvalue weighted by Crippen LogP contribution is 2.09. The first-order valence-electron chi connectivity index (χ1n) is 6.04. The van der Waals surface area contributed by atoms with E-state index >= 15 is 0 Å². The van der Waals surface area contributed by atoms with Crippen LogP contribution in [0, 0.1) is 5.92 Å². The lowest BCUT2D eigenvalue weighted by Gasteiger charge is -2.04. The van der Waals surface area contributed by atoms with Crippen molar-refractivity contribution in [3.63, 3.8) is 0 Å². The molecule has 0 heterocycles. The molecule has 0 aromatic carbocycles. The van der Waals surface area contributed by atoms with Gasteiger partial charge in [0, 0.05) is 0 Å². The van der Waals surface area contributed by atoms with Crippen LogP contribution in [0.25, 0.3) is 0 Å². The van der Waals surface area contributed by atoms with Crippen molar-refractivity contribution in [3.05, 3.63) is 12.2 Å². The Bertz CT molecular complexity index is 129. The van der Waals surface area contributed by atoms with E-state index in [0.29, 0.717) is 5.92 Å². The molecule has 0 spiro atoms. The Morgan fingerprint density at radius 2 is 1.71 bits per heavy atom. The maximum absolute atomic E-state index is 10.5. The van der Waals surface area contributed by atoms with Gasteiger partial charge in [0.2, 0.25) is 0 Å². The Labute approximate surface area is 89.2 Å². The van der Waals surface area contributed by atoms with Gasteiger partial charge in [0.1, 0.15) is 0 Å². The molecule has 0 N–H and O–H groups in total. The standard InChI is InChI=1S/C13H25O/c1-3-4-5-6-7-8-9-10-11-13(2)12-14/h6-7,13H,3-5,8-12H2,1-2H3. The molecule has 14 heavy (non-hydrogen) atoms. The van der Waals surface area contributed by atoms with Crippen molar-refractivity contribution in [2.45, 2.75) is 58.8 Å². The molecule has 83 valence electrons. The molecule has 1 unspecified atom stereocenters. The van der Waals surface area contributed by atoms with Gasteiger partial charge < -0.3 is 0 Å². The van der Waals surface area contributed by atoms with E-state index < -0.39 is 0 Å². The zero-order valence-corrected chi connectivity index (χ0v) is 9.80. The van der Waals surface area contributed by atoms with Gasteiger partial charge in [0.25, 0.3) is 0 Å². The molecule has 1 heteroatoms. The fourth-order valence-electron chi connectivity index (χ4n) is 1.40. The number of allylic oxidation sites excluding steroid dienone is 2. The second-order valence-electron chi connectivity index (χ2n) is 4.17. The summed E-state index contributed by atoms with van der Waals surface area (Å²) in [5.74, 6) is 0.374. The fourth-order valence-corrected chi connectivity index (χ4v) is 1.40. The molecule has 0 bridgehead atoms. The summed E-state index contributed by atoms with van der Waals surface area (Å²) in [6, 6.07) is 0. The summed E-state index contributed by atoms with van der Waals surface area (Å²) in [6.07, 6.45) is 13.1. The SMILES string of the molecule is CCCCC=CCCCCC(C)C[O]. The van der Waals surface area contributed by atoms with Crippen molar-refractivity contribution in [1.82, 2.24) is 0 Å². The molecule has 0 aromatic rings. The molecule has 0 aliphatic rings. The number of hydrogen-bond acceptors (Lipinski definition) is 0. The summed E-state index contributed by atoms with van der Waals surface area (Å²) in [6.45, 7) is 4.36. The van der Waals surface area contributed by atoms with Crippen LogP contribution < -0.4 is 0 Å². The van der Waals surface area contributed by atoms with Gasteiger partial charge in [0.05, 0.1) is 6.61 Å². The highest BCUT2D eigenvalue weighted by Gasteiger charge is 1.98. The molecule has 0 rings (SSSR count). The van der Waals surface area contributed by atoms with Crippen LogP contribution in [0.15, 0.2) is 12.2 Å². The summed E-state index contributed by atoms with van der Waals surface area (Å²) < 4.78 is 0. The Kier molecular flexibility index (Phi) is 10.5. The third kappa shape index (κ3) is 9.79. The molecule has 1 nitrogen and oxygen atoms in total. The van der Waals surface area contributed by atoms with Crippen LogP contribution in [0.3, 0.4) is 0 Å². The highest BCUT2D eigenvalue weighted by molar-refractivity contribution is 4.81. The normalized spacial score (nSPS) is 13.6. The van der Waals surface area contributed by atoms with Crippen molar-refractivity contribution in [3.8, 4) is 0 Å². The van der Waals surface area contributed by atoms with E-state index in [-0.39, 0.29) is 6.61 Å². The highest BCUT2D eigenvalue weighted by atomic mass is 16.3. The first-order valence-corrected chi connectivity index (χ1v) is 6.04. The van der Waals surface area contributed by atoms with Crippen LogP contribution in [0.2, 0.25) is 0 Å². The van der Waals surface area contributed by atoms with Crippen LogP contribution >= 0.6 is 0 Å². The van der Waals surface area contributed by atoms with Crippen molar-refractivity contribution in [2.24, 2.45) is 5.92 Å². The number of unbranched alkanes of at least 4 members (excludes halogenated alkanes) is 4. The van der Waals surface area contributed by atoms with Crippen LogP contribution in [0.1, 0.15) is 58.8 Å². The first-order chi connectivity index (χ1) is 6.81. The van der Waals surface area contributed by atoms with E-state index in [1.165, 1.54) is 38.5 Å². The Morgan fingerprint density at radius 1 is 1.07 bits per heavy atom. The summed E-state index contributed by atoms with van der Waals surface area (Å²) in [5, 5.41) is 10.5. The van der Waals surface area contributed by atoms with Crippen molar-refractivity contribution in [2.75, 3.05) is 6.61 Å². The second kappa shape index (κ2) is 10.8. The topological polar surface area (TPSA) is 19.9 Å². The molecule has 0 saturated heterocycles. The van der Waals surface area contributed by atoms with Gasteiger partial charge in [-0.1, -0.05) is 45.3 Å². The molecule has 1 atom stereocenters. The van der Waals surface area contributed by atoms with E-state index in [1.807, 2.05) is 6.92 Å². The van der Waals surface area contributed by atoms with E-state index in [9.17, 15) is 5.11 Å². The molecule has 1 radical (unpaired) electrons. The van der Waals surface area contributed by atoms with E-state index in [4.69, 9.17) is 0 Å². The van der Waals surface area contributed by atoms with Crippen molar-refractivity contribution < 1.29 is 5.11 Å². The lowest BCUT2D eigenvalue weighted by Crippen LogP contribution is -1.98. The Morgan fingerprint density at radius 3 is 2.29 bits per heavy atom. The summed E-state index contributed by atoms with van der Waals surface area (Å²) in [7, 11) is 0. The summed E-state index contributed by atoms with van der Waals surface area (Å²) >= 11 is 0. The van der Waals surface area contributed by atoms with Gasteiger partial charge in [-0.2, -0.15) is 0 Å². The van der Waals surface area contributed by atoms with Crippen molar-refractivity contribution >= 4 is 0 Å². The predicted molar refractivity (Wildman–Crippen MR) is 61.9 cm³/mol. The zero-order chi connectivity index (χ0) is 10.6. The molecular formula is C13H25O. The van der Waals surface area contributed by atoms with Crippen LogP contribution in [-0.4, -0.2) is 6.61 Å². The zero-order valence-electron chi connectivity index (χ0n) is 9.80. The fraction of sp³-hybridized carbons (Fsp3) is 0.846. The lowest BCUT2D eigenvalue weighted by molar-refractivity contribution is 0.145. The van der Waals surface area contributed by atoms with Gasteiger partial charge in [-0.05, 0) is 31.6 Å². The minimum Gasteiger partial charge on any atom is -0.236 e. The third-order valence-corrected chi connectivity index (χ3v) is 2.49. The van der Waals surface area contributed by atoms with Gasteiger partial charge in [0.15, 0.2) is 0 Å². The van der Waals surface area contributed by atoms with E-state index in [2.05, 4.69) is 19.1 Å². The van der Waals surface area contributed by atoms with Crippen LogP contribution in [0.5, 0.6) is 0 Å². The predicted octanol–water partition coefficient (Wildman–Crippen LogP) is 4.36. The maximum Gasteiger partial charge on any atom is 0.0847 e. The molecular weight excluding hydrogens is 172 g/mol. The molecule has 0 amide bonds. The Balaban J connectivity index is 3.08. The number of hydrogen-bond donors (Lipinski definition) is 0. The quantitative estimate of drug-likeness (QED) is 0.386. The van der Waals surface area contributed by atoms with Crippen LogP contribution in [0.4, 0.5) is 0 Å². The minimum atomic E-state index is 0.0896. The third-order valence-electron chi connectivity index (χ3n) is 2.49. The number of rotatable bonds is 9. The monoisotopic (exact) mass is 197 g/mol. The van der Waals surface area contributed by atoms with Crippen LogP contribution in [-0.2, 0) is 5.11 Å². The molecule has 0 aromatic heterocycles. The van der Waals surface area contributed by atoms with E-state index in [0.717, 1.165) is 6.42 Å². The van der Waals surface area contributed by atoms with Gasteiger partial charge in [-0.15, -0.1) is 0 Å². The summed E-state index contributed by atoms with van der Waals surface area (Å²) in [5.41, 5.74) is 0. The average Bonchev–Trinajstić information content (AvgIpc) is 2.21. The van der Waals surface area contributed by atoms with Crippen molar-refractivity contribution in [1.29, 1.82) is 0 Å². The van der Waals surface area contributed by atoms with Gasteiger partial charge in [-0.3, -0.25) is 0 Å².